The first-order valence-corrected chi connectivity index (χ1v) is 17.0. The standard InChI is InChI=1S/C40H40O14/c1-45-33-15-11-31(12-16-33)39-51-23-19-47-35(41)27-3-7-29(8-4-27)37(43)49-21-25-53-40(32-13-17-34(46-2)18-14-32)54-26-22-50-38(44)30-9-5-28(6-10-30)36(42)48-20-24-52-39/h3-18,39-40H,19-26H2,1-2H3. The zero-order chi connectivity index (χ0) is 38.1. The van der Waals surface area contributed by atoms with E-state index < -0.39 is 36.5 Å². The summed E-state index contributed by atoms with van der Waals surface area (Å²) in [6.07, 6.45) is -1.76. The van der Waals surface area contributed by atoms with Gasteiger partial charge in [0.25, 0.3) is 0 Å². The van der Waals surface area contributed by atoms with Gasteiger partial charge < -0.3 is 47.4 Å². The number of ether oxygens (including phenoxy) is 10. The van der Waals surface area contributed by atoms with Crippen molar-refractivity contribution in [1.82, 2.24) is 0 Å². The van der Waals surface area contributed by atoms with Gasteiger partial charge in [-0.3, -0.25) is 0 Å². The Morgan fingerprint density at radius 3 is 0.833 bits per heavy atom. The summed E-state index contributed by atoms with van der Waals surface area (Å²) in [4.78, 5) is 50.8. The van der Waals surface area contributed by atoms with Gasteiger partial charge in [0.1, 0.15) is 37.9 Å². The Balaban J connectivity index is 1.25. The molecular weight excluding hydrogens is 704 g/mol. The molecule has 4 aliphatic rings. The fourth-order valence-corrected chi connectivity index (χ4v) is 4.98. The third kappa shape index (κ3) is 11.6. The van der Waals surface area contributed by atoms with Crippen LogP contribution in [0.1, 0.15) is 65.1 Å². The maximum absolute atomic E-state index is 12.7. The van der Waals surface area contributed by atoms with Gasteiger partial charge >= 0.3 is 23.9 Å². The molecule has 0 radical (unpaired) electrons. The third-order valence-corrected chi connectivity index (χ3v) is 7.83. The predicted octanol–water partition coefficient (Wildman–Crippen LogP) is 5.51. The molecule has 0 atom stereocenters. The summed E-state index contributed by atoms with van der Waals surface area (Å²) in [5, 5.41) is 0. The van der Waals surface area contributed by atoms with Crippen LogP contribution in [0.2, 0.25) is 0 Å². The minimum atomic E-state index is -0.881. The molecule has 0 fully saturated rings. The van der Waals surface area contributed by atoms with Crippen molar-refractivity contribution in [3.8, 4) is 11.5 Å². The van der Waals surface area contributed by atoms with Crippen molar-refractivity contribution in [3.05, 3.63) is 130 Å². The van der Waals surface area contributed by atoms with Gasteiger partial charge in [0.2, 0.25) is 0 Å². The van der Waals surface area contributed by atoms with E-state index in [-0.39, 0.29) is 75.1 Å². The van der Waals surface area contributed by atoms with Gasteiger partial charge in [0.15, 0.2) is 12.6 Å². The van der Waals surface area contributed by atoms with E-state index in [0.717, 1.165) is 0 Å². The zero-order valence-electron chi connectivity index (χ0n) is 29.8. The van der Waals surface area contributed by atoms with Crippen molar-refractivity contribution < 1.29 is 66.5 Å². The summed E-state index contributed by atoms with van der Waals surface area (Å²) in [6.45, 7) is -0.475. The Morgan fingerprint density at radius 2 is 0.611 bits per heavy atom. The van der Waals surface area contributed by atoms with E-state index in [1.165, 1.54) is 48.5 Å². The molecule has 0 amide bonds. The molecule has 4 bridgehead atoms. The van der Waals surface area contributed by atoms with Crippen molar-refractivity contribution >= 4 is 23.9 Å². The van der Waals surface area contributed by atoms with Crippen LogP contribution in [0.5, 0.6) is 11.5 Å². The predicted molar refractivity (Wildman–Crippen MR) is 189 cm³/mol. The summed E-state index contributed by atoms with van der Waals surface area (Å²) >= 11 is 0. The van der Waals surface area contributed by atoms with Crippen molar-refractivity contribution in [3.63, 3.8) is 0 Å². The van der Waals surface area contributed by atoms with Gasteiger partial charge in [-0.05, 0) is 72.8 Å². The minimum absolute atomic E-state index is 0.0200. The van der Waals surface area contributed by atoms with Gasteiger partial charge in [-0.1, -0.05) is 24.3 Å². The molecule has 0 aromatic heterocycles. The summed E-state index contributed by atoms with van der Waals surface area (Å²) in [7, 11) is 3.10. The average Bonchev–Trinajstić information content (AvgIpc) is 3.22. The lowest BCUT2D eigenvalue weighted by Crippen LogP contribution is -2.19. The van der Waals surface area contributed by atoms with Crippen LogP contribution in [-0.4, -0.2) is 91.0 Å². The van der Waals surface area contributed by atoms with Gasteiger partial charge in [-0.15, -0.1) is 0 Å². The first-order chi connectivity index (χ1) is 26.3. The Kier molecular flexibility index (Phi) is 14.9. The number of esters is 4. The van der Waals surface area contributed by atoms with Crippen LogP contribution in [-0.2, 0) is 37.9 Å². The fraction of sp³-hybridized carbons (Fsp3) is 0.300. The number of carbonyl (C=O) groups excluding carboxylic acids is 4. The molecule has 4 aromatic rings. The highest BCUT2D eigenvalue weighted by molar-refractivity contribution is 5.94. The lowest BCUT2D eigenvalue weighted by Gasteiger charge is -2.19. The Morgan fingerprint density at radius 1 is 0.370 bits per heavy atom. The van der Waals surface area contributed by atoms with Gasteiger partial charge in [0, 0.05) is 11.1 Å². The van der Waals surface area contributed by atoms with E-state index in [1.54, 1.807) is 62.8 Å². The summed E-state index contributed by atoms with van der Waals surface area (Å²) in [5.41, 5.74) is 2.19. The van der Waals surface area contributed by atoms with Crippen LogP contribution in [0.4, 0.5) is 0 Å². The smallest absolute Gasteiger partial charge is 0.338 e. The topological polar surface area (TPSA) is 161 Å². The molecule has 14 heteroatoms. The second kappa shape index (κ2) is 20.4. The second-order valence-corrected chi connectivity index (χ2v) is 11.4. The van der Waals surface area contributed by atoms with Gasteiger partial charge in [-0.25, -0.2) is 19.2 Å². The molecule has 0 saturated carbocycles. The largest absolute Gasteiger partial charge is 0.497 e. The Labute approximate surface area is 311 Å². The second-order valence-electron chi connectivity index (χ2n) is 11.4. The summed E-state index contributed by atoms with van der Waals surface area (Å²) < 4.78 is 55.4. The quantitative estimate of drug-likeness (QED) is 0.190. The van der Waals surface area contributed by atoms with Crippen molar-refractivity contribution in [1.29, 1.82) is 0 Å². The number of methoxy groups -OCH3 is 2. The van der Waals surface area contributed by atoms with Gasteiger partial charge in [0.05, 0.1) is 62.9 Å². The van der Waals surface area contributed by atoms with E-state index in [1.807, 2.05) is 0 Å². The Hall–Kier alpha value is -5.80. The number of carbonyl (C=O) groups is 4. The maximum atomic E-state index is 12.7. The van der Waals surface area contributed by atoms with Crippen LogP contribution >= 0.6 is 0 Å². The fourth-order valence-electron chi connectivity index (χ4n) is 4.98. The van der Waals surface area contributed by atoms with Gasteiger partial charge in [-0.2, -0.15) is 0 Å². The van der Waals surface area contributed by atoms with Crippen molar-refractivity contribution in [2.45, 2.75) is 12.6 Å². The zero-order valence-corrected chi connectivity index (χ0v) is 29.8. The van der Waals surface area contributed by atoms with Crippen LogP contribution in [0.15, 0.2) is 97.1 Å². The van der Waals surface area contributed by atoms with Crippen LogP contribution < -0.4 is 9.47 Å². The van der Waals surface area contributed by atoms with Crippen LogP contribution in [0, 0.1) is 0 Å². The first kappa shape index (κ1) is 39.4. The number of rotatable bonds is 4. The molecule has 0 spiro atoms. The minimum Gasteiger partial charge on any atom is -0.497 e. The first-order valence-electron chi connectivity index (χ1n) is 17.0. The highest BCUT2D eigenvalue weighted by Gasteiger charge is 2.18. The highest BCUT2D eigenvalue weighted by Crippen LogP contribution is 2.24. The molecule has 0 aliphatic carbocycles. The Bertz CT molecular complexity index is 1580. The molecule has 54 heavy (non-hydrogen) atoms. The summed E-state index contributed by atoms with van der Waals surface area (Å²) in [6, 6.07) is 25.6. The number of benzene rings is 4. The molecule has 14 nitrogen and oxygen atoms in total. The SMILES string of the molecule is COc1ccc(C2OCCOC(=O)c3ccc(cc3)C(=O)OCCOC(c3ccc(OC)cc3)OCCOC(=O)c3ccc(cc3)C(=O)OCCO2)cc1. The number of hydrogen-bond donors (Lipinski definition) is 0. The third-order valence-electron chi connectivity index (χ3n) is 7.83. The number of hydrogen-bond acceptors (Lipinski definition) is 14. The normalized spacial score (nSPS) is 18.8. The molecule has 0 saturated heterocycles. The van der Waals surface area contributed by atoms with Crippen molar-refractivity contribution in [2.24, 2.45) is 0 Å². The molecule has 284 valence electrons. The monoisotopic (exact) mass is 744 g/mol. The lowest BCUT2D eigenvalue weighted by molar-refractivity contribution is -0.157. The molecule has 0 unspecified atom stereocenters. The van der Waals surface area contributed by atoms with E-state index in [9.17, 15) is 19.2 Å². The molecular formula is C40H40O14. The highest BCUT2D eigenvalue weighted by atomic mass is 16.7. The lowest BCUT2D eigenvalue weighted by atomic mass is 10.1. The van der Waals surface area contributed by atoms with E-state index in [2.05, 4.69) is 0 Å². The van der Waals surface area contributed by atoms with E-state index in [4.69, 9.17) is 47.4 Å². The van der Waals surface area contributed by atoms with E-state index >= 15 is 0 Å². The molecule has 8 rings (SSSR count). The molecule has 4 aromatic carbocycles. The molecule has 4 aliphatic heterocycles. The molecule has 4 heterocycles. The average molecular weight is 745 g/mol. The van der Waals surface area contributed by atoms with Crippen molar-refractivity contribution in [2.75, 3.05) is 67.1 Å². The maximum Gasteiger partial charge on any atom is 0.338 e. The van der Waals surface area contributed by atoms with E-state index in [0.29, 0.717) is 22.6 Å². The molecule has 0 N–H and O–H groups in total. The summed E-state index contributed by atoms with van der Waals surface area (Å²) in [5.74, 6) is -1.20. The van der Waals surface area contributed by atoms with Crippen LogP contribution in [0.3, 0.4) is 0 Å². The van der Waals surface area contributed by atoms with Crippen LogP contribution in [0.25, 0.3) is 0 Å².